The summed E-state index contributed by atoms with van der Waals surface area (Å²) < 4.78 is 15.9. The molecule has 0 atom stereocenters. The minimum absolute atomic E-state index is 0.171. The topological polar surface area (TPSA) is 68.8 Å². The second-order valence-corrected chi connectivity index (χ2v) is 4.43. The van der Waals surface area contributed by atoms with E-state index in [1.165, 1.54) is 0 Å². The smallest absolute Gasteiger partial charge is 0.314 e. The Balaban J connectivity index is 2.30. The number of urea groups is 1. The second kappa shape index (κ2) is 9.74. The number of methoxy groups -OCH3 is 2. The fourth-order valence-electron chi connectivity index (χ4n) is 1.64. The van der Waals surface area contributed by atoms with E-state index < -0.39 is 0 Å². The molecule has 2 amide bonds. The number of hydrogen-bond acceptors (Lipinski definition) is 4. The molecule has 0 aliphatic heterocycles. The first-order valence-corrected chi connectivity index (χ1v) is 7.07. The molecule has 6 nitrogen and oxygen atoms in total. The zero-order chi connectivity index (χ0) is 15.5. The highest BCUT2D eigenvalue weighted by atomic mass is 16.5. The molecule has 118 valence electrons. The highest BCUT2D eigenvalue weighted by molar-refractivity contribution is 5.73. The van der Waals surface area contributed by atoms with Gasteiger partial charge in [0.05, 0.1) is 20.8 Å². The normalized spacial score (nSPS) is 9.86. The van der Waals surface area contributed by atoms with Crippen molar-refractivity contribution in [3.8, 4) is 17.2 Å². The van der Waals surface area contributed by atoms with Crippen LogP contribution < -0.4 is 24.8 Å². The van der Waals surface area contributed by atoms with E-state index in [9.17, 15) is 4.79 Å². The van der Waals surface area contributed by atoms with Crippen LogP contribution in [0.2, 0.25) is 0 Å². The zero-order valence-electron chi connectivity index (χ0n) is 12.9. The highest BCUT2D eigenvalue weighted by Gasteiger charge is 2.03. The Hall–Kier alpha value is -2.11. The van der Waals surface area contributed by atoms with Gasteiger partial charge in [-0.15, -0.1) is 0 Å². The number of nitrogens with one attached hydrogen (secondary N) is 2. The van der Waals surface area contributed by atoms with Crippen molar-refractivity contribution >= 4 is 6.03 Å². The van der Waals surface area contributed by atoms with E-state index >= 15 is 0 Å². The van der Waals surface area contributed by atoms with Gasteiger partial charge >= 0.3 is 6.03 Å². The third-order valence-corrected chi connectivity index (χ3v) is 2.80. The van der Waals surface area contributed by atoms with E-state index in [2.05, 4.69) is 17.6 Å². The van der Waals surface area contributed by atoms with Crippen molar-refractivity contribution in [2.45, 2.75) is 19.8 Å². The van der Waals surface area contributed by atoms with Crippen LogP contribution >= 0.6 is 0 Å². The van der Waals surface area contributed by atoms with Crippen LogP contribution in [0.3, 0.4) is 0 Å². The molecule has 0 aliphatic carbocycles. The van der Waals surface area contributed by atoms with Gasteiger partial charge in [-0.3, -0.25) is 0 Å². The Kier molecular flexibility index (Phi) is 7.86. The number of rotatable bonds is 9. The van der Waals surface area contributed by atoms with Gasteiger partial charge in [-0.25, -0.2) is 4.79 Å². The number of ether oxygens (including phenoxy) is 3. The summed E-state index contributed by atoms with van der Waals surface area (Å²) in [5.74, 6) is 1.96. The lowest BCUT2D eigenvalue weighted by molar-refractivity contribution is 0.236. The molecule has 0 spiro atoms. The van der Waals surface area contributed by atoms with Crippen LogP contribution in [0.1, 0.15) is 19.8 Å². The van der Waals surface area contributed by atoms with Crippen LogP contribution in [0, 0.1) is 0 Å². The van der Waals surface area contributed by atoms with Crippen molar-refractivity contribution in [3.05, 3.63) is 18.2 Å². The van der Waals surface area contributed by atoms with Gasteiger partial charge in [-0.2, -0.15) is 0 Å². The van der Waals surface area contributed by atoms with Crippen molar-refractivity contribution in [1.29, 1.82) is 0 Å². The van der Waals surface area contributed by atoms with Crippen LogP contribution in [0.4, 0.5) is 4.79 Å². The lowest BCUT2D eigenvalue weighted by Gasteiger charge is -2.11. The number of carbonyl (C=O) groups is 1. The molecular weight excluding hydrogens is 272 g/mol. The van der Waals surface area contributed by atoms with E-state index in [4.69, 9.17) is 14.2 Å². The second-order valence-electron chi connectivity index (χ2n) is 4.43. The molecule has 0 heterocycles. The van der Waals surface area contributed by atoms with Crippen LogP contribution in [0.5, 0.6) is 17.2 Å². The van der Waals surface area contributed by atoms with Gasteiger partial charge in [-0.05, 0) is 6.42 Å². The third-order valence-electron chi connectivity index (χ3n) is 2.80. The highest BCUT2D eigenvalue weighted by Crippen LogP contribution is 2.27. The first-order chi connectivity index (χ1) is 10.2. The first kappa shape index (κ1) is 16.9. The van der Waals surface area contributed by atoms with E-state index in [1.54, 1.807) is 32.4 Å². The number of hydrogen-bond donors (Lipinski definition) is 2. The Labute approximate surface area is 125 Å². The quantitative estimate of drug-likeness (QED) is 0.685. The molecule has 0 radical (unpaired) electrons. The summed E-state index contributed by atoms with van der Waals surface area (Å²) in [6, 6.07) is 5.13. The summed E-state index contributed by atoms with van der Waals surface area (Å²) >= 11 is 0. The molecule has 1 aromatic rings. The molecule has 0 fully saturated rings. The van der Waals surface area contributed by atoms with Crippen LogP contribution in [0.25, 0.3) is 0 Å². The molecule has 0 saturated heterocycles. The third kappa shape index (κ3) is 6.74. The Bertz CT molecular complexity index is 415. The SMILES string of the molecule is CCCCNC(=O)NCCOc1cc(OC)cc(OC)c1. The summed E-state index contributed by atoms with van der Waals surface area (Å²) in [6.45, 7) is 3.57. The van der Waals surface area contributed by atoms with E-state index in [1.807, 2.05) is 0 Å². The number of benzene rings is 1. The predicted octanol–water partition coefficient (Wildman–Crippen LogP) is 2.18. The molecular formula is C15H24N2O4. The van der Waals surface area contributed by atoms with Gasteiger partial charge in [0.25, 0.3) is 0 Å². The largest absolute Gasteiger partial charge is 0.496 e. The van der Waals surface area contributed by atoms with Gasteiger partial charge in [-0.1, -0.05) is 13.3 Å². The fourth-order valence-corrected chi connectivity index (χ4v) is 1.64. The average molecular weight is 296 g/mol. The molecule has 2 N–H and O–H groups in total. The summed E-state index contributed by atoms with van der Waals surface area (Å²) in [5.41, 5.74) is 0. The maximum atomic E-state index is 11.4. The maximum Gasteiger partial charge on any atom is 0.314 e. The minimum atomic E-state index is -0.171. The van der Waals surface area contributed by atoms with Crippen molar-refractivity contribution in [3.63, 3.8) is 0 Å². The van der Waals surface area contributed by atoms with Gasteiger partial charge in [0, 0.05) is 24.7 Å². The molecule has 0 bridgehead atoms. The number of carbonyl (C=O) groups excluding carboxylic acids is 1. The minimum Gasteiger partial charge on any atom is -0.496 e. The van der Waals surface area contributed by atoms with Crippen molar-refractivity contribution in [2.24, 2.45) is 0 Å². The van der Waals surface area contributed by atoms with Crippen molar-refractivity contribution in [1.82, 2.24) is 10.6 Å². The number of amides is 2. The van der Waals surface area contributed by atoms with Crippen LogP contribution in [0.15, 0.2) is 18.2 Å². The van der Waals surface area contributed by atoms with Gasteiger partial charge in [0.1, 0.15) is 23.9 Å². The zero-order valence-corrected chi connectivity index (χ0v) is 12.9. The van der Waals surface area contributed by atoms with Crippen LogP contribution in [-0.2, 0) is 0 Å². The molecule has 0 aromatic heterocycles. The van der Waals surface area contributed by atoms with Gasteiger partial charge < -0.3 is 24.8 Å². The Morgan fingerprint density at radius 3 is 2.14 bits per heavy atom. The molecule has 1 rings (SSSR count). The lowest BCUT2D eigenvalue weighted by atomic mass is 10.3. The molecule has 0 unspecified atom stereocenters. The fraction of sp³-hybridized carbons (Fsp3) is 0.533. The van der Waals surface area contributed by atoms with Crippen LogP contribution in [-0.4, -0.2) is 39.9 Å². The first-order valence-electron chi connectivity index (χ1n) is 7.07. The van der Waals surface area contributed by atoms with E-state index in [0.717, 1.165) is 12.8 Å². The molecule has 1 aromatic carbocycles. The van der Waals surface area contributed by atoms with Crippen molar-refractivity contribution in [2.75, 3.05) is 33.9 Å². The number of unbranched alkanes of at least 4 members (excludes halogenated alkanes) is 1. The summed E-state index contributed by atoms with van der Waals surface area (Å²) in [5, 5.41) is 5.50. The van der Waals surface area contributed by atoms with Gasteiger partial charge in [0.2, 0.25) is 0 Å². The van der Waals surface area contributed by atoms with Crippen molar-refractivity contribution < 1.29 is 19.0 Å². The predicted molar refractivity (Wildman–Crippen MR) is 81.4 cm³/mol. The summed E-state index contributed by atoms with van der Waals surface area (Å²) in [6.07, 6.45) is 2.04. The monoisotopic (exact) mass is 296 g/mol. The van der Waals surface area contributed by atoms with E-state index in [-0.39, 0.29) is 6.03 Å². The average Bonchev–Trinajstić information content (AvgIpc) is 2.51. The van der Waals surface area contributed by atoms with Gasteiger partial charge in [0.15, 0.2) is 0 Å². The standard InChI is InChI=1S/C15H24N2O4/c1-4-5-6-16-15(18)17-7-8-21-14-10-12(19-2)9-13(11-14)20-3/h9-11H,4-8H2,1-3H3,(H2,16,17,18). The summed E-state index contributed by atoms with van der Waals surface area (Å²) in [7, 11) is 3.17. The lowest BCUT2D eigenvalue weighted by Crippen LogP contribution is -2.38. The molecule has 0 aliphatic rings. The Morgan fingerprint density at radius 2 is 1.57 bits per heavy atom. The molecule has 0 saturated carbocycles. The Morgan fingerprint density at radius 1 is 1.00 bits per heavy atom. The van der Waals surface area contributed by atoms with E-state index in [0.29, 0.717) is 36.9 Å². The summed E-state index contributed by atoms with van der Waals surface area (Å²) in [4.78, 5) is 11.4. The maximum absolute atomic E-state index is 11.4. The molecule has 6 heteroatoms. The molecule has 21 heavy (non-hydrogen) atoms.